The second-order valence-electron chi connectivity index (χ2n) is 5.34. The van der Waals surface area contributed by atoms with Crippen molar-refractivity contribution in [3.8, 4) is 0 Å². The molecule has 0 unspecified atom stereocenters. The molecule has 1 aliphatic heterocycles. The van der Waals surface area contributed by atoms with Crippen LogP contribution in [0, 0.1) is 0 Å². The molecule has 2 aromatic rings. The van der Waals surface area contributed by atoms with Crippen LogP contribution in [0.1, 0.15) is 6.42 Å². The SMILES string of the molecule is CO[C@@H]1C[C@@H](CO)N(S(=O)(=O)c2cccc3cccnc23)C1. The van der Waals surface area contributed by atoms with Gasteiger partial charge in [0, 0.05) is 25.2 Å². The molecule has 118 valence electrons. The Balaban J connectivity index is 2.09. The number of aliphatic hydroxyl groups is 1. The standard InChI is InChI=1S/C15H18N2O4S/c1-21-13-8-12(10-18)17(9-13)22(19,20)14-6-2-4-11-5-3-7-16-15(11)14/h2-7,12-13,18H,8-10H2,1H3/t12-,13+/m0/s1. The molecule has 2 heterocycles. The predicted octanol–water partition coefficient (Wildman–Crippen LogP) is 1.01. The Hall–Kier alpha value is -1.54. The van der Waals surface area contributed by atoms with Crippen molar-refractivity contribution in [3.05, 3.63) is 36.5 Å². The summed E-state index contributed by atoms with van der Waals surface area (Å²) < 4.78 is 32.6. The Kier molecular flexibility index (Phi) is 4.14. The van der Waals surface area contributed by atoms with Crippen LogP contribution in [0.5, 0.6) is 0 Å². The zero-order valence-corrected chi connectivity index (χ0v) is 13.0. The summed E-state index contributed by atoms with van der Waals surface area (Å²) in [6.07, 6.45) is 1.87. The van der Waals surface area contributed by atoms with E-state index in [0.29, 0.717) is 11.9 Å². The summed E-state index contributed by atoms with van der Waals surface area (Å²) >= 11 is 0. The zero-order valence-electron chi connectivity index (χ0n) is 12.2. The van der Waals surface area contributed by atoms with Crippen molar-refractivity contribution in [2.45, 2.75) is 23.5 Å². The molecule has 22 heavy (non-hydrogen) atoms. The van der Waals surface area contributed by atoms with Gasteiger partial charge in [0.2, 0.25) is 10.0 Å². The fourth-order valence-corrected chi connectivity index (χ4v) is 4.71. The molecule has 1 aromatic carbocycles. The Labute approximate surface area is 129 Å². The van der Waals surface area contributed by atoms with Crippen LogP contribution in [0.15, 0.2) is 41.4 Å². The molecule has 0 radical (unpaired) electrons. The van der Waals surface area contributed by atoms with Crippen LogP contribution in [0.25, 0.3) is 10.9 Å². The number of sulfonamides is 1. The van der Waals surface area contributed by atoms with Crippen molar-refractivity contribution in [1.29, 1.82) is 0 Å². The monoisotopic (exact) mass is 322 g/mol. The molecular weight excluding hydrogens is 304 g/mol. The van der Waals surface area contributed by atoms with Crippen molar-refractivity contribution in [1.82, 2.24) is 9.29 Å². The number of para-hydroxylation sites is 1. The van der Waals surface area contributed by atoms with E-state index in [1.165, 1.54) is 4.31 Å². The van der Waals surface area contributed by atoms with E-state index in [4.69, 9.17) is 4.74 Å². The van der Waals surface area contributed by atoms with Gasteiger partial charge in [0.1, 0.15) is 4.90 Å². The van der Waals surface area contributed by atoms with Gasteiger partial charge in [-0.05, 0) is 18.6 Å². The van der Waals surface area contributed by atoms with E-state index in [1.54, 1.807) is 31.5 Å². The smallest absolute Gasteiger partial charge is 0.245 e. The fraction of sp³-hybridized carbons (Fsp3) is 0.400. The first-order valence-electron chi connectivity index (χ1n) is 7.07. The largest absolute Gasteiger partial charge is 0.395 e. The molecule has 1 saturated heterocycles. The van der Waals surface area contributed by atoms with Gasteiger partial charge in [-0.1, -0.05) is 18.2 Å². The summed E-state index contributed by atoms with van der Waals surface area (Å²) in [5, 5.41) is 10.3. The van der Waals surface area contributed by atoms with Gasteiger partial charge in [0.05, 0.1) is 24.3 Å². The third kappa shape index (κ3) is 2.50. The topological polar surface area (TPSA) is 79.7 Å². The molecule has 1 aliphatic rings. The summed E-state index contributed by atoms with van der Waals surface area (Å²) in [7, 11) is -2.19. The molecule has 1 aromatic heterocycles. The van der Waals surface area contributed by atoms with Crippen LogP contribution in [-0.2, 0) is 14.8 Å². The number of aromatic nitrogens is 1. The molecule has 0 bridgehead atoms. The highest BCUT2D eigenvalue weighted by atomic mass is 32.2. The maximum Gasteiger partial charge on any atom is 0.245 e. The Morgan fingerprint density at radius 1 is 1.36 bits per heavy atom. The van der Waals surface area contributed by atoms with E-state index in [2.05, 4.69) is 4.98 Å². The third-order valence-corrected chi connectivity index (χ3v) is 6.00. The Bertz CT molecular complexity index is 773. The molecule has 0 spiro atoms. The van der Waals surface area contributed by atoms with E-state index in [9.17, 15) is 13.5 Å². The first-order valence-corrected chi connectivity index (χ1v) is 8.51. The first-order chi connectivity index (χ1) is 10.6. The van der Waals surface area contributed by atoms with Gasteiger partial charge >= 0.3 is 0 Å². The van der Waals surface area contributed by atoms with Crippen LogP contribution in [0.4, 0.5) is 0 Å². The van der Waals surface area contributed by atoms with Gasteiger partial charge in [-0.2, -0.15) is 4.31 Å². The van der Waals surface area contributed by atoms with E-state index in [0.717, 1.165) is 5.39 Å². The molecule has 0 saturated carbocycles. The maximum absolute atomic E-state index is 13.0. The number of rotatable bonds is 4. The van der Waals surface area contributed by atoms with E-state index in [-0.39, 0.29) is 24.2 Å². The minimum Gasteiger partial charge on any atom is -0.395 e. The number of pyridine rings is 1. The number of ether oxygens (including phenoxy) is 1. The highest BCUT2D eigenvalue weighted by molar-refractivity contribution is 7.89. The number of methoxy groups -OCH3 is 1. The summed E-state index contributed by atoms with van der Waals surface area (Å²) in [4.78, 5) is 4.38. The van der Waals surface area contributed by atoms with Gasteiger partial charge < -0.3 is 9.84 Å². The van der Waals surface area contributed by atoms with Crippen LogP contribution < -0.4 is 0 Å². The van der Waals surface area contributed by atoms with Crippen molar-refractivity contribution < 1.29 is 18.3 Å². The lowest BCUT2D eigenvalue weighted by Crippen LogP contribution is -2.38. The number of benzene rings is 1. The van der Waals surface area contributed by atoms with Gasteiger partial charge in [-0.15, -0.1) is 0 Å². The highest BCUT2D eigenvalue weighted by Gasteiger charge is 2.40. The normalized spacial score (nSPS) is 23.2. The van der Waals surface area contributed by atoms with Crippen LogP contribution in [0.3, 0.4) is 0 Å². The van der Waals surface area contributed by atoms with E-state index >= 15 is 0 Å². The third-order valence-electron chi connectivity index (χ3n) is 4.05. The first kappa shape index (κ1) is 15.4. The van der Waals surface area contributed by atoms with Crippen molar-refractivity contribution in [2.24, 2.45) is 0 Å². The summed E-state index contributed by atoms with van der Waals surface area (Å²) in [6, 6.07) is 8.22. The lowest BCUT2D eigenvalue weighted by Gasteiger charge is -2.22. The molecule has 0 aliphatic carbocycles. The summed E-state index contributed by atoms with van der Waals surface area (Å²) in [6.45, 7) is 0.0184. The van der Waals surface area contributed by atoms with Gasteiger partial charge in [-0.25, -0.2) is 8.42 Å². The van der Waals surface area contributed by atoms with Crippen LogP contribution >= 0.6 is 0 Å². The lowest BCUT2D eigenvalue weighted by atomic mass is 10.2. The molecular formula is C15H18N2O4S. The van der Waals surface area contributed by atoms with E-state index < -0.39 is 16.1 Å². The second kappa shape index (κ2) is 5.92. The number of nitrogens with zero attached hydrogens (tertiary/aromatic N) is 2. The minimum absolute atomic E-state index is 0.167. The average molecular weight is 322 g/mol. The molecule has 2 atom stereocenters. The molecule has 3 rings (SSSR count). The maximum atomic E-state index is 13.0. The van der Waals surface area contributed by atoms with Crippen molar-refractivity contribution in [2.75, 3.05) is 20.3 Å². The second-order valence-corrected chi connectivity index (χ2v) is 7.19. The number of hydrogen-bond acceptors (Lipinski definition) is 5. The summed E-state index contributed by atoms with van der Waals surface area (Å²) in [5.74, 6) is 0. The quantitative estimate of drug-likeness (QED) is 0.908. The number of fused-ring (bicyclic) bond motifs is 1. The molecule has 7 heteroatoms. The molecule has 6 nitrogen and oxygen atoms in total. The fourth-order valence-electron chi connectivity index (χ4n) is 2.89. The van der Waals surface area contributed by atoms with Crippen LogP contribution in [-0.4, -0.2) is 55.2 Å². The molecule has 1 N–H and O–H groups in total. The van der Waals surface area contributed by atoms with Crippen molar-refractivity contribution >= 4 is 20.9 Å². The van der Waals surface area contributed by atoms with Gasteiger partial charge in [0.15, 0.2) is 0 Å². The van der Waals surface area contributed by atoms with Crippen LogP contribution in [0.2, 0.25) is 0 Å². The van der Waals surface area contributed by atoms with Crippen molar-refractivity contribution in [3.63, 3.8) is 0 Å². The minimum atomic E-state index is -3.74. The Morgan fingerprint density at radius 2 is 2.14 bits per heavy atom. The average Bonchev–Trinajstić information content (AvgIpc) is 2.98. The lowest BCUT2D eigenvalue weighted by molar-refractivity contribution is 0.113. The van der Waals surface area contributed by atoms with Gasteiger partial charge in [-0.3, -0.25) is 4.98 Å². The summed E-state index contributed by atoms with van der Waals surface area (Å²) in [5.41, 5.74) is 0.447. The number of hydrogen-bond donors (Lipinski definition) is 1. The number of aliphatic hydroxyl groups excluding tert-OH is 1. The van der Waals surface area contributed by atoms with E-state index in [1.807, 2.05) is 12.1 Å². The zero-order chi connectivity index (χ0) is 15.7. The predicted molar refractivity (Wildman–Crippen MR) is 81.9 cm³/mol. The Morgan fingerprint density at radius 3 is 2.86 bits per heavy atom. The molecule has 1 fully saturated rings. The van der Waals surface area contributed by atoms with Gasteiger partial charge in [0.25, 0.3) is 0 Å². The highest BCUT2D eigenvalue weighted by Crippen LogP contribution is 2.30. The molecule has 0 amide bonds.